The molecule has 0 heterocycles. The Morgan fingerprint density at radius 1 is 1.00 bits per heavy atom. The van der Waals surface area contributed by atoms with Crippen molar-refractivity contribution in [2.75, 3.05) is 6.61 Å². The molecule has 0 rings (SSSR count). The van der Waals surface area contributed by atoms with E-state index in [-0.39, 0.29) is 6.61 Å². The van der Waals surface area contributed by atoms with E-state index in [1.165, 1.54) is 0 Å². The first-order valence-corrected chi connectivity index (χ1v) is 4.91. The average molecular weight is 171 g/mol. The minimum atomic E-state index is -0.0394. The standard InChI is InChI=1S/C10H19O2/c1-2-3-4-7-10(12)8-5-6-9-11/h2-9H2,1H3. The zero-order chi connectivity index (χ0) is 9.23. The maximum absolute atomic E-state index is 11.1. The Bertz CT molecular complexity index is 98.4. The van der Waals surface area contributed by atoms with E-state index in [2.05, 4.69) is 6.92 Å². The second kappa shape index (κ2) is 8.72. The number of Topliss-reactive ketones (excluding diaryl/α,β-unsaturated/α-hetero) is 1. The number of unbranched alkanes of at least 4 members (excludes halogenated alkanes) is 3. The zero-order valence-electron chi connectivity index (χ0n) is 7.97. The largest absolute Gasteiger partial charge is 0.300 e. The molecule has 0 aromatic rings. The third kappa shape index (κ3) is 7.73. The molecule has 0 saturated heterocycles. The van der Waals surface area contributed by atoms with Crippen molar-refractivity contribution in [1.29, 1.82) is 0 Å². The lowest BCUT2D eigenvalue weighted by Crippen LogP contribution is -1.97. The molecule has 12 heavy (non-hydrogen) atoms. The summed E-state index contributed by atoms with van der Waals surface area (Å²) < 4.78 is 0. The maximum atomic E-state index is 11.1. The van der Waals surface area contributed by atoms with Crippen LogP contribution in [-0.4, -0.2) is 12.4 Å². The van der Waals surface area contributed by atoms with Crippen LogP contribution in [0.4, 0.5) is 0 Å². The summed E-state index contributed by atoms with van der Waals surface area (Å²) in [6.07, 6.45) is 6.10. The van der Waals surface area contributed by atoms with Crippen LogP contribution in [0.15, 0.2) is 0 Å². The van der Waals surface area contributed by atoms with E-state index in [1.807, 2.05) is 0 Å². The number of hydrogen-bond donors (Lipinski definition) is 0. The molecule has 2 heteroatoms. The first-order valence-electron chi connectivity index (χ1n) is 4.91. The second-order valence-electron chi connectivity index (χ2n) is 3.16. The van der Waals surface area contributed by atoms with E-state index in [9.17, 15) is 9.90 Å². The van der Waals surface area contributed by atoms with E-state index in [0.717, 1.165) is 25.7 Å². The predicted octanol–water partition coefficient (Wildman–Crippen LogP) is 2.74. The van der Waals surface area contributed by atoms with Gasteiger partial charge in [-0.1, -0.05) is 19.8 Å². The molecule has 0 unspecified atom stereocenters. The normalized spacial score (nSPS) is 10.2. The summed E-state index contributed by atoms with van der Waals surface area (Å²) in [5.41, 5.74) is 0. The van der Waals surface area contributed by atoms with Gasteiger partial charge < -0.3 is 0 Å². The van der Waals surface area contributed by atoms with Crippen molar-refractivity contribution in [3.8, 4) is 0 Å². The highest BCUT2D eigenvalue weighted by Crippen LogP contribution is 2.04. The van der Waals surface area contributed by atoms with E-state index < -0.39 is 0 Å². The summed E-state index contributed by atoms with van der Waals surface area (Å²) in [6.45, 7) is 2.09. The average Bonchev–Trinajstić information content (AvgIpc) is 2.06. The van der Waals surface area contributed by atoms with Gasteiger partial charge in [0.15, 0.2) is 0 Å². The molecule has 0 aliphatic rings. The molecule has 0 aromatic heterocycles. The molecule has 1 radical (unpaired) electrons. The van der Waals surface area contributed by atoms with Crippen molar-refractivity contribution in [2.45, 2.75) is 51.9 Å². The van der Waals surface area contributed by atoms with Crippen LogP contribution in [0.3, 0.4) is 0 Å². The molecular weight excluding hydrogens is 152 g/mol. The lowest BCUT2D eigenvalue weighted by atomic mass is 10.1. The fourth-order valence-corrected chi connectivity index (χ4v) is 1.12. The third-order valence-corrected chi connectivity index (χ3v) is 1.91. The number of carbonyl (C=O) groups is 1. The molecule has 0 bridgehead atoms. The monoisotopic (exact) mass is 171 g/mol. The summed E-state index contributed by atoms with van der Waals surface area (Å²) >= 11 is 0. The van der Waals surface area contributed by atoms with E-state index in [0.29, 0.717) is 25.0 Å². The van der Waals surface area contributed by atoms with Crippen LogP contribution >= 0.6 is 0 Å². The van der Waals surface area contributed by atoms with Gasteiger partial charge >= 0.3 is 0 Å². The SMILES string of the molecule is CCCCCC(=O)CCCC[O]. The molecule has 0 atom stereocenters. The highest BCUT2D eigenvalue weighted by molar-refractivity contribution is 5.78. The Kier molecular flexibility index (Phi) is 8.46. The lowest BCUT2D eigenvalue weighted by molar-refractivity contribution is -0.119. The molecule has 0 aromatic carbocycles. The first kappa shape index (κ1) is 11.6. The first-order chi connectivity index (χ1) is 5.81. The number of hydrogen-bond acceptors (Lipinski definition) is 1. The Labute approximate surface area is 75.0 Å². The van der Waals surface area contributed by atoms with E-state index in [4.69, 9.17) is 0 Å². The minimum absolute atomic E-state index is 0.0394. The summed E-state index contributed by atoms with van der Waals surface area (Å²) in [6, 6.07) is 0. The maximum Gasteiger partial charge on any atom is 0.132 e. The van der Waals surface area contributed by atoms with Gasteiger partial charge in [-0.2, -0.15) is 0 Å². The highest BCUT2D eigenvalue weighted by Gasteiger charge is 2.00. The van der Waals surface area contributed by atoms with Crippen LogP contribution in [0, 0.1) is 0 Å². The highest BCUT2D eigenvalue weighted by atomic mass is 16.2. The second-order valence-corrected chi connectivity index (χ2v) is 3.16. The van der Waals surface area contributed by atoms with Gasteiger partial charge in [0.25, 0.3) is 0 Å². The van der Waals surface area contributed by atoms with Crippen LogP contribution < -0.4 is 0 Å². The Hall–Kier alpha value is -0.370. The van der Waals surface area contributed by atoms with Crippen LogP contribution in [0.5, 0.6) is 0 Å². The number of carbonyl (C=O) groups excluding carboxylic acids is 1. The molecule has 0 N–H and O–H groups in total. The van der Waals surface area contributed by atoms with Crippen molar-refractivity contribution in [1.82, 2.24) is 0 Å². The molecule has 0 fully saturated rings. The summed E-state index contributed by atoms with van der Waals surface area (Å²) in [4.78, 5) is 11.1. The van der Waals surface area contributed by atoms with Gasteiger partial charge in [-0.25, -0.2) is 5.11 Å². The van der Waals surface area contributed by atoms with Gasteiger partial charge in [0.2, 0.25) is 0 Å². The molecule has 71 valence electrons. The third-order valence-electron chi connectivity index (χ3n) is 1.91. The summed E-state index contributed by atoms with van der Waals surface area (Å²) in [5, 5.41) is 10.1. The van der Waals surface area contributed by atoms with Gasteiger partial charge in [-0.05, 0) is 19.3 Å². The Balaban J connectivity index is 3.10. The summed E-state index contributed by atoms with van der Waals surface area (Å²) in [5.74, 6) is 0.330. The molecule has 0 saturated carbocycles. The Morgan fingerprint density at radius 3 is 2.08 bits per heavy atom. The minimum Gasteiger partial charge on any atom is -0.300 e. The summed E-state index contributed by atoms with van der Waals surface area (Å²) in [7, 11) is 0. The van der Waals surface area contributed by atoms with Crippen LogP contribution in [0.1, 0.15) is 51.9 Å². The van der Waals surface area contributed by atoms with Gasteiger partial charge in [0.05, 0.1) is 6.61 Å². The smallest absolute Gasteiger partial charge is 0.132 e. The predicted molar refractivity (Wildman–Crippen MR) is 48.6 cm³/mol. The lowest BCUT2D eigenvalue weighted by Gasteiger charge is -1.98. The van der Waals surface area contributed by atoms with E-state index in [1.54, 1.807) is 0 Å². The van der Waals surface area contributed by atoms with Gasteiger partial charge in [0, 0.05) is 12.8 Å². The van der Waals surface area contributed by atoms with Crippen molar-refractivity contribution < 1.29 is 9.90 Å². The van der Waals surface area contributed by atoms with Crippen molar-refractivity contribution in [2.24, 2.45) is 0 Å². The molecule has 0 spiro atoms. The fraction of sp³-hybridized carbons (Fsp3) is 0.900. The molecule has 2 nitrogen and oxygen atoms in total. The quantitative estimate of drug-likeness (QED) is 0.517. The van der Waals surface area contributed by atoms with Crippen LogP contribution in [-0.2, 0) is 9.90 Å². The molecular formula is C10H19O2. The number of ketones is 1. The van der Waals surface area contributed by atoms with Crippen LogP contribution in [0.2, 0.25) is 0 Å². The molecule has 0 aliphatic carbocycles. The fourth-order valence-electron chi connectivity index (χ4n) is 1.12. The number of rotatable bonds is 8. The van der Waals surface area contributed by atoms with Crippen molar-refractivity contribution >= 4 is 5.78 Å². The zero-order valence-corrected chi connectivity index (χ0v) is 7.97. The van der Waals surface area contributed by atoms with E-state index >= 15 is 0 Å². The van der Waals surface area contributed by atoms with Gasteiger partial charge in [-0.15, -0.1) is 0 Å². The molecule has 0 aliphatic heterocycles. The van der Waals surface area contributed by atoms with Crippen molar-refractivity contribution in [3.63, 3.8) is 0 Å². The van der Waals surface area contributed by atoms with Crippen molar-refractivity contribution in [3.05, 3.63) is 0 Å². The Morgan fingerprint density at radius 2 is 1.58 bits per heavy atom. The van der Waals surface area contributed by atoms with Crippen LogP contribution in [0.25, 0.3) is 0 Å². The van der Waals surface area contributed by atoms with Gasteiger partial charge in [-0.3, -0.25) is 4.79 Å². The van der Waals surface area contributed by atoms with Gasteiger partial charge in [0.1, 0.15) is 5.78 Å². The molecule has 0 amide bonds. The topological polar surface area (TPSA) is 37.0 Å².